The molecule has 2 N–H and O–H groups in total. The molecule has 0 aliphatic heterocycles. The van der Waals surface area contributed by atoms with Crippen molar-refractivity contribution in [2.75, 3.05) is 7.05 Å². The predicted molar refractivity (Wildman–Crippen MR) is 94.0 cm³/mol. The van der Waals surface area contributed by atoms with E-state index >= 15 is 0 Å². The van der Waals surface area contributed by atoms with E-state index in [9.17, 15) is 21.6 Å². The van der Waals surface area contributed by atoms with Gasteiger partial charge < -0.3 is 9.84 Å². The number of halogens is 4. The number of likely N-dealkylation sites (N-methyl/N-ethyl adjacent to an activating group) is 1. The van der Waals surface area contributed by atoms with Crippen molar-refractivity contribution in [1.29, 1.82) is 0 Å². The van der Waals surface area contributed by atoms with Gasteiger partial charge in [-0.25, -0.2) is 8.42 Å². The van der Waals surface area contributed by atoms with Crippen molar-refractivity contribution in [2.45, 2.75) is 43.4 Å². The lowest BCUT2D eigenvalue weighted by Gasteiger charge is -2.15. The van der Waals surface area contributed by atoms with E-state index in [4.69, 9.17) is 4.52 Å². The maximum Gasteiger partial charge on any atom is 0.417 e. The van der Waals surface area contributed by atoms with E-state index in [-0.39, 0.29) is 24.3 Å². The van der Waals surface area contributed by atoms with Crippen LogP contribution in [0.1, 0.15) is 37.2 Å². The van der Waals surface area contributed by atoms with Gasteiger partial charge in [0.1, 0.15) is 0 Å². The van der Waals surface area contributed by atoms with Crippen LogP contribution in [-0.4, -0.2) is 31.6 Å². The van der Waals surface area contributed by atoms with Crippen LogP contribution >= 0.6 is 12.4 Å². The van der Waals surface area contributed by atoms with Crippen LogP contribution in [0.15, 0.2) is 33.7 Å². The SMILES string of the molecule is CNC(C)Cc1noc(C(C)NS(=O)(=O)c2ccccc2C(F)(F)F)n1.Cl. The van der Waals surface area contributed by atoms with Crippen molar-refractivity contribution in [3.05, 3.63) is 41.5 Å². The molecule has 1 heterocycles. The minimum absolute atomic E-state index is 0. The highest BCUT2D eigenvalue weighted by atomic mass is 35.5. The van der Waals surface area contributed by atoms with Crippen molar-refractivity contribution >= 4 is 22.4 Å². The van der Waals surface area contributed by atoms with Crippen LogP contribution in [-0.2, 0) is 22.6 Å². The zero-order chi connectivity index (χ0) is 19.5. The van der Waals surface area contributed by atoms with Gasteiger partial charge in [-0.1, -0.05) is 17.3 Å². The topological polar surface area (TPSA) is 97.1 Å². The lowest BCUT2D eigenvalue weighted by atomic mass is 10.2. The number of nitrogens with one attached hydrogen (secondary N) is 2. The summed E-state index contributed by atoms with van der Waals surface area (Å²) < 4.78 is 71.1. The number of hydrogen-bond donors (Lipinski definition) is 2. The van der Waals surface area contributed by atoms with Gasteiger partial charge in [0.15, 0.2) is 5.82 Å². The van der Waals surface area contributed by atoms with E-state index in [1.807, 2.05) is 6.92 Å². The summed E-state index contributed by atoms with van der Waals surface area (Å²) in [6.07, 6.45) is -4.34. The molecule has 0 fully saturated rings. The third-order valence-electron chi connectivity index (χ3n) is 3.65. The van der Waals surface area contributed by atoms with Gasteiger partial charge >= 0.3 is 6.18 Å². The molecule has 2 aromatic rings. The fourth-order valence-corrected chi connectivity index (χ4v) is 3.61. The van der Waals surface area contributed by atoms with Crippen LogP contribution in [0.3, 0.4) is 0 Å². The molecule has 27 heavy (non-hydrogen) atoms. The fraction of sp³-hybridized carbons (Fsp3) is 0.467. The highest BCUT2D eigenvalue weighted by Crippen LogP contribution is 2.34. The lowest BCUT2D eigenvalue weighted by molar-refractivity contribution is -0.139. The Labute approximate surface area is 161 Å². The van der Waals surface area contributed by atoms with E-state index in [0.717, 1.165) is 12.1 Å². The summed E-state index contributed by atoms with van der Waals surface area (Å²) in [6.45, 7) is 3.31. The molecule has 0 saturated carbocycles. The fourth-order valence-electron chi connectivity index (χ4n) is 2.18. The number of hydrogen-bond acceptors (Lipinski definition) is 6. The molecule has 0 bridgehead atoms. The number of rotatable bonds is 7. The normalized spacial score (nSPS) is 14.4. The van der Waals surface area contributed by atoms with Crippen LogP contribution in [0.2, 0.25) is 0 Å². The first-order valence-corrected chi connectivity index (χ1v) is 9.21. The Morgan fingerprint density at radius 2 is 1.85 bits per heavy atom. The summed E-state index contributed by atoms with van der Waals surface area (Å²) in [5.74, 6) is 0.333. The molecule has 0 aliphatic carbocycles. The Morgan fingerprint density at radius 3 is 2.44 bits per heavy atom. The molecule has 0 amide bonds. The summed E-state index contributed by atoms with van der Waals surface area (Å²) in [5.41, 5.74) is -1.24. The molecule has 0 spiro atoms. The highest BCUT2D eigenvalue weighted by molar-refractivity contribution is 7.89. The van der Waals surface area contributed by atoms with Crippen molar-refractivity contribution < 1.29 is 26.1 Å². The van der Waals surface area contributed by atoms with Gasteiger partial charge in [0.2, 0.25) is 15.9 Å². The lowest BCUT2D eigenvalue weighted by Crippen LogP contribution is -2.29. The van der Waals surface area contributed by atoms with Crippen molar-refractivity contribution in [1.82, 2.24) is 20.2 Å². The molecule has 0 aliphatic rings. The Hall–Kier alpha value is -1.69. The summed E-state index contributed by atoms with van der Waals surface area (Å²) >= 11 is 0. The van der Waals surface area contributed by atoms with Crippen molar-refractivity contribution in [2.24, 2.45) is 0 Å². The summed E-state index contributed by atoms with van der Waals surface area (Å²) in [5, 5.41) is 6.74. The second-order valence-corrected chi connectivity index (χ2v) is 7.46. The zero-order valence-corrected chi connectivity index (χ0v) is 16.4. The number of sulfonamides is 1. The number of alkyl halides is 3. The third-order valence-corrected chi connectivity index (χ3v) is 5.25. The molecule has 0 saturated heterocycles. The predicted octanol–water partition coefficient (Wildman–Crippen LogP) is 2.70. The standard InChI is InChI=1S/C15H19F3N4O3S.ClH/c1-9(19-3)8-13-20-14(25-21-13)10(2)22-26(23,24)12-7-5-4-6-11(12)15(16,17)18;/h4-7,9-10,19,22H,8H2,1-3H3;1H. The second-order valence-electron chi connectivity index (χ2n) is 5.78. The molecule has 2 unspecified atom stereocenters. The van der Waals surface area contributed by atoms with Gasteiger partial charge in [-0.05, 0) is 33.0 Å². The first kappa shape index (κ1) is 23.3. The first-order valence-electron chi connectivity index (χ1n) is 7.73. The van der Waals surface area contributed by atoms with Gasteiger partial charge in [-0.2, -0.15) is 22.9 Å². The van der Waals surface area contributed by atoms with Gasteiger partial charge in [0.25, 0.3) is 0 Å². The average Bonchev–Trinajstić information content (AvgIpc) is 3.02. The molecular weight excluding hydrogens is 409 g/mol. The van der Waals surface area contributed by atoms with Crippen LogP contribution < -0.4 is 10.0 Å². The largest absolute Gasteiger partial charge is 0.417 e. The van der Waals surface area contributed by atoms with Gasteiger partial charge in [-0.15, -0.1) is 12.4 Å². The van der Waals surface area contributed by atoms with E-state index in [2.05, 4.69) is 20.2 Å². The molecule has 7 nitrogen and oxygen atoms in total. The van der Waals surface area contributed by atoms with E-state index < -0.39 is 32.7 Å². The zero-order valence-electron chi connectivity index (χ0n) is 14.7. The van der Waals surface area contributed by atoms with E-state index in [1.54, 1.807) is 7.05 Å². The minimum atomic E-state index is -4.80. The summed E-state index contributed by atoms with van der Waals surface area (Å²) in [4.78, 5) is 3.22. The summed E-state index contributed by atoms with van der Waals surface area (Å²) in [6, 6.07) is 3.03. The number of aromatic nitrogens is 2. The second kappa shape index (κ2) is 9.00. The monoisotopic (exact) mass is 428 g/mol. The van der Waals surface area contributed by atoms with Crippen LogP contribution in [0.5, 0.6) is 0 Å². The first-order chi connectivity index (χ1) is 12.0. The smallest absolute Gasteiger partial charge is 0.338 e. The van der Waals surface area contributed by atoms with Gasteiger partial charge in [0.05, 0.1) is 16.5 Å². The number of nitrogens with zero attached hydrogens (tertiary/aromatic N) is 2. The minimum Gasteiger partial charge on any atom is -0.338 e. The Balaban J connectivity index is 0.00000364. The van der Waals surface area contributed by atoms with E-state index in [0.29, 0.717) is 18.3 Å². The van der Waals surface area contributed by atoms with E-state index in [1.165, 1.54) is 13.0 Å². The molecule has 152 valence electrons. The average molecular weight is 429 g/mol. The number of benzene rings is 1. The van der Waals surface area contributed by atoms with Gasteiger partial charge in [0, 0.05) is 12.5 Å². The molecule has 0 radical (unpaired) electrons. The molecule has 2 rings (SSSR count). The Bertz CT molecular complexity index is 858. The summed E-state index contributed by atoms with van der Waals surface area (Å²) in [7, 11) is -2.69. The molecular formula is C15H20ClF3N4O3S. The maximum absolute atomic E-state index is 13.1. The Morgan fingerprint density at radius 1 is 1.22 bits per heavy atom. The maximum atomic E-state index is 13.1. The molecule has 12 heteroatoms. The highest BCUT2D eigenvalue weighted by Gasteiger charge is 2.37. The van der Waals surface area contributed by atoms with Gasteiger partial charge in [-0.3, -0.25) is 0 Å². The molecule has 2 atom stereocenters. The Kier molecular flexibility index (Phi) is 7.78. The molecule has 1 aromatic carbocycles. The van der Waals surface area contributed by atoms with Crippen molar-refractivity contribution in [3.63, 3.8) is 0 Å². The van der Waals surface area contributed by atoms with Crippen molar-refractivity contribution in [3.8, 4) is 0 Å². The van der Waals surface area contributed by atoms with Crippen LogP contribution in [0.25, 0.3) is 0 Å². The van der Waals surface area contributed by atoms with Crippen LogP contribution in [0, 0.1) is 0 Å². The van der Waals surface area contributed by atoms with Crippen LogP contribution in [0.4, 0.5) is 13.2 Å². The molecule has 1 aromatic heterocycles. The quantitative estimate of drug-likeness (QED) is 0.703. The third kappa shape index (κ3) is 5.89.